The van der Waals surface area contributed by atoms with E-state index in [2.05, 4.69) is 11.9 Å². The Labute approximate surface area is 95.5 Å². The minimum absolute atomic E-state index is 0.119. The molecule has 3 atom stereocenters. The average molecular weight is 216 g/mol. The smallest absolute Gasteiger partial charge is 0.272 e. The number of amides is 1. The molecule has 3 heteroatoms. The number of hydrogen-bond donors (Lipinski definition) is 0. The highest BCUT2D eigenvalue weighted by atomic mass is 16.2. The molecular formula is C13H16N2O. The summed E-state index contributed by atoms with van der Waals surface area (Å²) in [4.78, 5) is 18.4. The van der Waals surface area contributed by atoms with Crippen LogP contribution in [0.3, 0.4) is 0 Å². The Balaban J connectivity index is 1.78. The number of aromatic nitrogens is 1. The Bertz CT molecular complexity index is 392. The highest BCUT2D eigenvalue weighted by Crippen LogP contribution is 2.41. The standard InChI is InChI=1S/C13H16N2O/c1-9-6-10-8-11(7-9)15(10)13(16)12-4-2-3-5-14-12/h2-5,9-11H,6-8H2,1H3/t9-,10-,11?/m0/s1. The largest absolute Gasteiger partial charge is 0.331 e. The van der Waals surface area contributed by atoms with E-state index in [1.165, 1.54) is 6.42 Å². The molecule has 1 aromatic heterocycles. The lowest BCUT2D eigenvalue weighted by Gasteiger charge is -2.54. The number of carbonyl (C=O) groups is 1. The van der Waals surface area contributed by atoms with E-state index in [1.54, 1.807) is 12.3 Å². The first-order chi connectivity index (χ1) is 7.75. The fourth-order valence-electron chi connectivity index (χ4n) is 3.10. The zero-order valence-corrected chi connectivity index (χ0v) is 9.47. The number of pyridine rings is 1. The Morgan fingerprint density at radius 2 is 2.06 bits per heavy atom. The van der Waals surface area contributed by atoms with Crippen molar-refractivity contribution in [1.29, 1.82) is 0 Å². The molecule has 3 aliphatic rings. The van der Waals surface area contributed by atoms with E-state index < -0.39 is 0 Å². The van der Waals surface area contributed by atoms with Crippen molar-refractivity contribution in [2.24, 2.45) is 5.92 Å². The molecule has 0 N–H and O–H groups in total. The molecule has 2 aliphatic heterocycles. The van der Waals surface area contributed by atoms with Crippen molar-refractivity contribution in [1.82, 2.24) is 9.88 Å². The summed E-state index contributed by atoms with van der Waals surface area (Å²) in [6, 6.07) is 6.47. The van der Waals surface area contributed by atoms with E-state index in [0.717, 1.165) is 18.8 Å². The van der Waals surface area contributed by atoms with Gasteiger partial charge in [-0.05, 0) is 37.3 Å². The van der Waals surface area contributed by atoms with Gasteiger partial charge in [-0.3, -0.25) is 9.78 Å². The quantitative estimate of drug-likeness (QED) is 0.720. The van der Waals surface area contributed by atoms with Crippen molar-refractivity contribution < 1.29 is 4.79 Å². The molecule has 1 aromatic rings. The zero-order valence-electron chi connectivity index (χ0n) is 9.47. The molecule has 2 saturated heterocycles. The van der Waals surface area contributed by atoms with Crippen LogP contribution < -0.4 is 0 Å². The second kappa shape index (κ2) is 3.58. The van der Waals surface area contributed by atoms with Gasteiger partial charge in [-0.1, -0.05) is 13.0 Å². The molecule has 1 saturated carbocycles. The predicted molar refractivity (Wildman–Crippen MR) is 61.0 cm³/mol. The van der Waals surface area contributed by atoms with Crippen LogP contribution in [0.1, 0.15) is 36.7 Å². The summed E-state index contributed by atoms with van der Waals surface area (Å²) in [6.45, 7) is 2.28. The monoisotopic (exact) mass is 216 g/mol. The maximum absolute atomic E-state index is 12.2. The van der Waals surface area contributed by atoms with Crippen LogP contribution in [0, 0.1) is 5.92 Å². The molecule has 1 amide bonds. The summed E-state index contributed by atoms with van der Waals surface area (Å²) in [5.41, 5.74) is 0.590. The van der Waals surface area contributed by atoms with E-state index in [9.17, 15) is 4.79 Å². The number of hydrogen-bond acceptors (Lipinski definition) is 2. The van der Waals surface area contributed by atoms with Gasteiger partial charge in [0.25, 0.3) is 5.91 Å². The minimum Gasteiger partial charge on any atom is -0.331 e. The molecule has 3 fully saturated rings. The third kappa shape index (κ3) is 1.42. The number of nitrogens with zero attached hydrogens (tertiary/aromatic N) is 2. The van der Waals surface area contributed by atoms with Crippen molar-refractivity contribution in [3.8, 4) is 0 Å². The van der Waals surface area contributed by atoms with Crippen molar-refractivity contribution in [3.05, 3.63) is 30.1 Å². The van der Waals surface area contributed by atoms with Gasteiger partial charge in [0.2, 0.25) is 0 Å². The highest BCUT2D eigenvalue weighted by Gasteiger charge is 2.46. The van der Waals surface area contributed by atoms with Gasteiger partial charge in [0.1, 0.15) is 5.69 Å². The number of piperidine rings is 1. The molecule has 3 nitrogen and oxygen atoms in total. The maximum atomic E-state index is 12.2. The van der Waals surface area contributed by atoms with Crippen LogP contribution in [-0.4, -0.2) is 27.9 Å². The first kappa shape index (κ1) is 9.82. The van der Waals surface area contributed by atoms with Gasteiger partial charge >= 0.3 is 0 Å². The normalized spacial score (nSPS) is 32.1. The van der Waals surface area contributed by atoms with Gasteiger partial charge in [0, 0.05) is 18.3 Å². The molecule has 0 aromatic carbocycles. The van der Waals surface area contributed by atoms with Crippen LogP contribution in [0.25, 0.3) is 0 Å². The van der Waals surface area contributed by atoms with Crippen LogP contribution in [0.15, 0.2) is 24.4 Å². The second-order valence-electron chi connectivity index (χ2n) is 5.05. The Hall–Kier alpha value is -1.38. The van der Waals surface area contributed by atoms with E-state index in [0.29, 0.717) is 17.8 Å². The van der Waals surface area contributed by atoms with Crippen LogP contribution in [0.2, 0.25) is 0 Å². The molecule has 4 rings (SSSR count). The summed E-state index contributed by atoms with van der Waals surface area (Å²) in [5.74, 6) is 0.894. The first-order valence-electron chi connectivity index (χ1n) is 5.99. The molecule has 3 heterocycles. The number of carbonyl (C=O) groups excluding carboxylic acids is 1. The van der Waals surface area contributed by atoms with E-state index in [4.69, 9.17) is 0 Å². The van der Waals surface area contributed by atoms with Crippen LogP contribution >= 0.6 is 0 Å². The minimum atomic E-state index is 0.119. The topological polar surface area (TPSA) is 33.2 Å². The maximum Gasteiger partial charge on any atom is 0.272 e. The van der Waals surface area contributed by atoms with Gasteiger partial charge in [0.05, 0.1) is 0 Å². The molecule has 16 heavy (non-hydrogen) atoms. The van der Waals surface area contributed by atoms with Crippen LogP contribution in [0.4, 0.5) is 0 Å². The van der Waals surface area contributed by atoms with Crippen molar-refractivity contribution in [2.45, 2.75) is 38.3 Å². The third-order valence-electron chi connectivity index (χ3n) is 3.80. The average Bonchev–Trinajstić information content (AvgIpc) is 2.29. The number of rotatable bonds is 1. The second-order valence-corrected chi connectivity index (χ2v) is 5.05. The molecule has 0 radical (unpaired) electrons. The lowest BCUT2D eigenvalue weighted by Crippen LogP contribution is -2.62. The first-order valence-corrected chi connectivity index (χ1v) is 5.99. The van der Waals surface area contributed by atoms with Crippen LogP contribution in [0.5, 0.6) is 0 Å². The van der Waals surface area contributed by atoms with Gasteiger partial charge < -0.3 is 4.90 Å². The summed E-state index contributed by atoms with van der Waals surface area (Å²) in [6.07, 6.45) is 5.21. The summed E-state index contributed by atoms with van der Waals surface area (Å²) < 4.78 is 0. The fraction of sp³-hybridized carbons (Fsp3) is 0.538. The predicted octanol–water partition coefficient (Wildman–Crippen LogP) is 2.09. The molecular weight excluding hydrogens is 200 g/mol. The van der Waals surface area contributed by atoms with E-state index in [1.807, 2.05) is 17.0 Å². The summed E-state index contributed by atoms with van der Waals surface area (Å²) in [5, 5.41) is 0. The molecule has 84 valence electrons. The van der Waals surface area contributed by atoms with Gasteiger partial charge in [-0.15, -0.1) is 0 Å². The number of fused-ring (bicyclic) bond motifs is 2. The van der Waals surface area contributed by atoms with E-state index in [-0.39, 0.29) is 5.91 Å². The molecule has 1 unspecified atom stereocenters. The lowest BCUT2D eigenvalue weighted by atomic mass is 9.74. The molecule has 2 bridgehead atoms. The Kier molecular flexibility index (Phi) is 2.20. The zero-order chi connectivity index (χ0) is 11.1. The SMILES string of the molecule is C[C@@H]1CC2C[C@H](C1)N2C(=O)c1ccccn1. The fourth-order valence-corrected chi connectivity index (χ4v) is 3.10. The summed E-state index contributed by atoms with van der Waals surface area (Å²) >= 11 is 0. The highest BCUT2D eigenvalue weighted by molar-refractivity contribution is 5.93. The van der Waals surface area contributed by atoms with Gasteiger partial charge in [-0.25, -0.2) is 0 Å². The van der Waals surface area contributed by atoms with E-state index >= 15 is 0 Å². The van der Waals surface area contributed by atoms with Crippen molar-refractivity contribution >= 4 is 5.91 Å². The Morgan fingerprint density at radius 1 is 1.31 bits per heavy atom. The van der Waals surface area contributed by atoms with Gasteiger partial charge in [0.15, 0.2) is 0 Å². The lowest BCUT2D eigenvalue weighted by molar-refractivity contribution is -0.0284. The Morgan fingerprint density at radius 3 is 2.69 bits per heavy atom. The van der Waals surface area contributed by atoms with Crippen LogP contribution in [-0.2, 0) is 0 Å². The van der Waals surface area contributed by atoms with Crippen molar-refractivity contribution in [2.75, 3.05) is 0 Å². The molecule has 0 spiro atoms. The molecule has 1 aliphatic carbocycles. The van der Waals surface area contributed by atoms with Gasteiger partial charge in [-0.2, -0.15) is 0 Å². The summed E-state index contributed by atoms with van der Waals surface area (Å²) in [7, 11) is 0. The third-order valence-corrected chi connectivity index (χ3v) is 3.80. The van der Waals surface area contributed by atoms with Crippen molar-refractivity contribution in [3.63, 3.8) is 0 Å².